The number of aldehydes is 1. The summed E-state index contributed by atoms with van der Waals surface area (Å²) in [5, 5.41) is 0. The molecule has 0 aliphatic carbocycles. The summed E-state index contributed by atoms with van der Waals surface area (Å²) >= 11 is 0. The van der Waals surface area contributed by atoms with E-state index in [1.807, 2.05) is 26.0 Å². The molecule has 22 heavy (non-hydrogen) atoms. The lowest BCUT2D eigenvalue weighted by Crippen LogP contribution is -2.05. The van der Waals surface area contributed by atoms with E-state index in [0.29, 0.717) is 24.3 Å². The zero-order chi connectivity index (χ0) is 16.1. The van der Waals surface area contributed by atoms with E-state index in [-0.39, 0.29) is 18.7 Å². The zero-order valence-corrected chi connectivity index (χ0v) is 13.0. The third-order valence-corrected chi connectivity index (χ3v) is 3.36. The predicted molar refractivity (Wildman–Crippen MR) is 80.7 cm³/mol. The Morgan fingerprint density at radius 2 is 1.91 bits per heavy atom. The summed E-state index contributed by atoms with van der Waals surface area (Å²) in [6.45, 7) is 5.34. The van der Waals surface area contributed by atoms with Crippen molar-refractivity contribution in [3.63, 3.8) is 0 Å². The van der Waals surface area contributed by atoms with Crippen molar-refractivity contribution >= 4 is 12.3 Å². The molecule has 1 heterocycles. The minimum atomic E-state index is -0.347. The van der Waals surface area contributed by atoms with Crippen LogP contribution in [-0.2, 0) is 27.2 Å². The van der Waals surface area contributed by atoms with Gasteiger partial charge >= 0.3 is 5.97 Å². The van der Waals surface area contributed by atoms with Crippen molar-refractivity contribution in [2.75, 3.05) is 6.79 Å². The molecule has 5 nitrogen and oxygen atoms in total. The molecular weight excluding hydrogens is 284 g/mol. The fourth-order valence-electron chi connectivity index (χ4n) is 2.30. The monoisotopic (exact) mass is 304 g/mol. The zero-order valence-electron chi connectivity index (χ0n) is 13.0. The van der Waals surface area contributed by atoms with Crippen LogP contribution in [0.1, 0.15) is 31.9 Å². The number of hydrogen-bond donors (Lipinski definition) is 0. The van der Waals surface area contributed by atoms with Crippen molar-refractivity contribution in [2.45, 2.75) is 33.6 Å². The first-order valence-corrected chi connectivity index (χ1v) is 7.19. The van der Waals surface area contributed by atoms with Crippen LogP contribution < -0.4 is 9.47 Å². The third kappa shape index (κ3) is 4.10. The molecule has 1 aromatic carbocycles. The standard InChI is InChI=1S/C17H20O5/c1-11(8-18)4-14-6-16-17(22-10-21-16)7-15(14)5-12(2)9-20-13(3)19/h6-9,11H,4-5,10H2,1-3H3/b12-9+. The van der Waals surface area contributed by atoms with E-state index in [9.17, 15) is 9.59 Å². The van der Waals surface area contributed by atoms with Crippen LogP contribution in [0.3, 0.4) is 0 Å². The molecule has 0 N–H and O–H groups in total. The number of rotatable bonds is 6. The van der Waals surface area contributed by atoms with Crippen molar-refractivity contribution in [1.29, 1.82) is 0 Å². The van der Waals surface area contributed by atoms with Crippen LogP contribution in [0.4, 0.5) is 0 Å². The summed E-state index contributed by atoms with van der Waals surface area (Å²) in [6.07, 6.45) is 3.65. The molecule has 0 amide bonds. The van der Waals surface area contributed by atoms with Gasteiger partial charge in [0.2, 0.25) is 6.79 Å². The van der Waals surface area contributed by atoms with Gasteiger partial charge in [-0.15, -0.1) is 0 Å². The number of fused-ring (bicyclic) bond motifs is 1. The minimum absolute atomic E-state index is 0.0723. The number of allylic oxidation sites excluding steroid dienone is 1. The highest BCUT2D eigenvalue weighted by atomic mass is 16.7. The lowest BCUT2D eigenvalue weighted by atomic mass is 9.93. The van der Waals surface area contributed by atoms with Crippen LogP contribution in [-0.4, -0.2) is 19.0 Å². The predicted octanol–water partition coefficient (Wildman–Crippen LogP) is 2.80. The maximum absolute atomic E-state index is 10.9. The van der Waals surface area contributed by atoms with Gasteiger partial charge in [0, 0.05) is 12.8 Å². The number of carbonyl (C=O) groups excluding carboxylic acids is 2. The van der Waals surface area contributed by atoms with Gasteiger partial charge in [0.15, 0.2) is 11.5 Å². The fraction of sp³-hybridized carbons (Fsp3) is 0.412. The van der Waals surface area contributed by atoms with Crippen molar-refractivity contribution < 1.29 is 23.8 Å². The van der Waals surface area contributed by atoms with Gasteiger partial charge in [0.05, 0.1) is 6.26 Å². The normalized spacial score (nSPS) is 14.6. The topological polar surface area (TPSA) is 61.8 Å². The number of ether oxygens (including phenoxy) is 3. The van der Waals surface area contributed by atoms with E-state index in [1.54, 1.807) is 0 Å². The molecule has 0 saturated carbocycles. The number of hydrogen-bond acceptors (Lipinski definition) is 5. The Balaban J connectivity index is 2.25. The summed E-state index contributed by atoms with van der Waals surface area (Å²) < 4.78 is 15.7. The Labute approximate surface area is 129 Å². The van der Waals surface area contributed by atoms with Crippen LogP contribution in [0.5, 0.6) is 11.5 Å². The summed E-state index contributed by atoms with van der Waals surface area (Å²) in [6, 6.07) is 3.86. The van der Waals surface area contributed by atoms with Crippen molar-refractivity contribution in [1.82, 2.24) is 0 Å². The third-order valence-electron chi connectivity index (χ3n) is 3.36. The van der Waals surface area contributed by atoms with Gasteiger partial charge in [-0.25, -0.2) is 0 Å². The number of benzene rings is 1. The van der Waals surface area contributed by atoms with E-state index in [4.69, 9.17) is 14.2 Å². The molecular formula is C17H20O5. The number of carbonyl (C=O) groups is 2. The molecule has 0 saturated heterocycles. The highest BCUT2D eigenvalue weighted by Gasteiger charge is 2.18. The largest absolute Gasteiger partial charge is 0.454 e. The van der Waals surface area contributed by atoms with E-state index < -0.39 is 0 Å². The average Bonchev–Trinajstić information content (AvgIpc) is 2.92. The van der Waals surface area contributed by atoms with Crippen LogP contribution in [0.15, 0.2) is 24.0 Å². The summed E-state index contributed by atoms with van der Waals surface area (Å²) in [5.41, 5.74) is 2.99. The Hall–Kier alpha value is -2.30. The van der Waals surface area contributed by atoms with Gasteiger partial charge in [-0.3, -0.25) is 4.79 Å². The van der Waals surface area contributed by atoms with Gasteiger partial charge in [-0.05, 0) is 48.6 Å². The Kier molecular flexibility index (Phi) is 5.20. The van der Waals surface area contributed by atoms with Crippen LogP contribution >= 0.6 is 0 Å². The first-order valence-electron chi connectivity index (χ1n) is 7.19. The molecule has 0 fully saturated rings. The Bertz CT molecular complexity index is 603. The van der Waals surface area contributed by atoms with Gasteiger partial charge < -0.3 is 19.0 Å². The second-order valence-electron chi connectivity index (χ2n) is 5.54. The summed E-state index contributed by atoms with van der Waals surface area (Å²) in [4.78, 5) is 21.8. The molecule has 0 radical (unpaired) electrons. The van der Waals surface area contributed by atoms with Gasteiger partial charge in [-0.1, -0.05) is 6.92 Å². The maximum Gasteiger partial charge on any atom is 0.307 e. The van der Waals surface area contributed by atoms with Crippen LogP contribution in [0.2, 0.25) is 0 Å². The molecule has 118 valence electrons. The highest BCUT2D eigenvalue weighted by Crippen LogP contribution is 2.36. The van der Waals surface area contributed by atoms with Crippen molar-refractivity contribution in [3.8, 4) is 11.5 Å². The van der Waals surface area contributed by atoms with Gasteiger partial charge in [-0.2, -0.15) is 0 Å². The maximum atomic E-state index is 10.9. The summed E-state index contributed by atoms with van der Waals surface area (Å²) in [7, 11) is 0. The minimum Gasteiger partial charge on any atom is -0.454 e. The van der Waals surface area contributed by atoms with Crippen molar-refractivity contribution in [2.24, 2.45) is 5.92 Å². The Morgan fingerprint density at radius 1 is 1.27 bits per heavy atom. The smallest absolute Gasteiger partial charge is 0.307 e. The molecule has 1 atom stereocenters. The van der Waals surface area contributed by atoms with E-state index in [0.717, 1.165) is 23.0 Å². The molecule has 0 aromatic heterocycles. The number of esters is 1. The summed E-state index contributed by atoms with van der Waals surface area (Å²) in [5.74, 6) is 0.993. The highest BCUT2D eigenvalue weighted by molar-refractivity contribution is 5.66. The molecule has 1 aliphatic heterocycles. The van der Waals surface area contributed by atoms with Gasteiger partial charge in [0.1, 0.15) is 6.29 Å². The molecule has 5 heteroatoms. The molecule has 1 aromatic rings. The molecule has 2 rings (SSSR count). The lowest BCUT2D eigenvalue weighted by Gasteiger charge is -2.13. The average molecular weight is 304 g/mol. The van der Waals surface area contributed by atoms with Crippen LogP contribution in [0, 0.1) is 5.92 Å². The SMILES string of the molecule is CC(=O)O/C=C(\C)Cc1cc2c(cc1CC(C)C=O)OCO2. The Morgan fingerprint density at radius 3 is 2.50 bits per heavy atom. The first-order chi connectivity index (χ1) is 10.5. The van der Waals surface area contributed by atoms with Crippen molar-refractivity contribution in [3.05, 3.63) is 35.1 Å². The lowest BCUT2D eigenvalue weighted by molar-refractivity contribution is -0.135. The molecule has 1 unspecified atom stereocenters. The quantitative estimate of drug-likeness (QED) is 0.459. The van der Waals surface area contributed by atoms with Gasteiger partial charge in [0.25, 0.3) is 0 Å². The van der Waals surface area contributed by atoms with E-state index in [1.165, 1.54) is 13.2 Å². The molecule has 1 aliphatic rings. The van der Waals surface area contributed by atoms with E-state index >= 15 is 0 Å². The fourth-order valence-corrected chi connectivity index (χ4v) is 2.30. The second kappa shape index (κ2) is 7.11. The van der Waals surface area contributed by atoms with E-state index in [2.05, 4.69) is 0 Å². The second-order valence-corrected chi connectivity index (χ2v) is 5.54. The first kappa shape index (κ1) is 16.1. The molecule has 0 spiro atoms. The molecule has 0 bridgehead atoms. The van der Waals surface area contributed by atoms with Crippen LogP contribution in [0.25, 0.3) is 0 Å².